The van der Waals surface area contributed by atoms with Gasteiger partial charge in [0, 0.05) is 21.2 Å². The Kier molecular flexibility index (Phi) is 5.27. The van der Waals surface area contributed by atoms with Crippen LogP contribution in [0.2, 0.25) is 0 Å². The quantitative estimate of drug-likeness (QED) is 0.744. The first-order valence-electron chi connectivity index (χ1n) is 6.82. The topological polar surface area (TPSA) is 34.0 Å². The molecule has 1 unspecified atom stereocenters. The van der Waals surface area contributed by atoms with Crippen molar-refractivity contribution in [3.05, 3.63) is 56.7 Å². The molecule has 0 aliphatic heterocycles. The normalized spacial score (nSPS) is 12.5. The fraction of sp³-hybridized carbons (Fsp3) is 0.312. The fourth-order valence-electron chi connectivity index (χ4n) is 2.23. The first-order chi connectivity index (χ1) is 9.90. The van der Waals surface area contributed by atoms with E-state index in [1.54, 1.807) is 0 Å². The highest BCUT2D eigenvalue weighted by Gasteiger charge is 2.18. The van der Waals surface area contributed by atoms with E-state index in [2.05, 4.69) is 51.0 Å². The number of rotatable bonds is 4. The molecule has 0 aliphatic rings. The number of nitrogens with one attached hydrogen (secondary N) is 1. The third kappa shape index (κ3) is 3.77. The monoisotopic (exact) mass is 412 g/mol. The molecule has 1 amide bonds. The zero-order valence-electron chi connectivity index (χ0n) is 12.2. The van der Waals surface area contributed by atoms with E-state index in [1.807, 2.05) is 48.0 Å². The highest BCUT2D eigenvalue weighted by molar-refractivity contribution is 9.10. The van der Waals surface area contributed by atoms with Crippen LogP contribution in [-0.4, -0.2) is 10.5 Å². The number of hydrogen-bond donors (Lipinski definition) is 1. The molecular weight excluding hydrogens is 396 g/mol. The van der Waals surface area contributed by atoms with Gasteiger partial charge < -0.3 is 9.88 Å². The summed E-state index contributed by atoms with van der Waals surface area (Å²) in [5, 5.41) is 3.05. The molecule has 2 aromatic rings. The second kappa shape index (κ2) is 6.79. The molecule has 0 bridgehead atoms. The van der Waals surface area contributed by atoms with Gasteiger partial charge in [-0.2, -0.15) is 0 Å². The first kappa shape index (κ1) is 16.3. The molecule has 0 spiro atoms. The zero-order chi connectivity index (χ0) is 15.6. The van der Waals surface area contributed by atoms with Crippen molar-refractivity contribution in [3.63, 3.8) is 0 Å². The average Bonchev–Trinajstić information content (AvgIpc) is 2.81. The summed E-state index contributed by atoms with van der Waals surface area (Å²) in [4.78, 5) is 12.5. The molecular formula is C16H18Br2N2O. The Balaban J connectivity index is 2.20. The molecule has 0 fully saturated rings. The second-order valence-corrected chi connectivity index (χ2v) is 7.03. The van der Waals surface area contributed by atoms with E-state index >= 15 is 0 Å². The zero-order valence-corrected chi connectivity index (χ0v) is 15.4. The van der Waals surface area contributed by atoms with Crippen molar-refractivity contribution in [2.24, 2.45) is 0 Å². The highest BCUT2D eigenvalue weighted by atomic mass is 79.9. The van der Waals surface area contributed by atoms with Gasteiger partial charge in [-0.1, -0.05) is 34.1 Å². The predicted molar refractivity (Wildman–Crippen MR) is 92.5 cm³/mol. The third-order valence-corrected chi connectivity index (χ3v) is 4.48. The summed E-state index contributed by atoms with van der Waals surface area (Å²) in [7, 11) is 0. The Labute approximate surface area is 142 Å². The number of halogens is 2. The van der Waals surface area contributed by atoms with E-state index in [4.69, 9.17) is 0 Å². The fourth-order valence-corrected chi connectivity index (χ4v) is 3.30. The Morgan fingerprint density at radius 1 is 1.19 bits per heavy atom. The molecule has 0 saturated heterocycles. The lowest BCUT2D eigenvalue weighted by molar-refractivity contribution is 0.0929. The molecule has 5 heteroatoms. The van der Waals surface area contributed by atoms with Gasteiger partial charge in [0.2, 0.25) is 0 Å². The van der Waals surface area contributed by atoms with Crippen molar-refractivity contribution in [1.29, 1.82) is 0 Å². The standard InChI is InChI=1S/C16H18Br2N2O/c1-10(2)20-9-12(17)8-15(20)16(21)19-11(3)13-6-4-5-7-14(13)18/h4-11H,1-3H3,(H,19,21). The van der Waals surface area contributed by atoms with Crippen LogP contribution < -0.4 is 5.32 Å². The van der Waals surface area contributed by atoms with E-state index in [1.165, 1.54) is 0 Å². The predicted octanol–water partition coefficient (Wildman–Crippen LogP) is 5.09. The van der Waals surface area contributed by atoms with Crippen LogP contribution in [0.3, 0.4) is 0 Å². The number of nitrogens with zero attached hydrogens (tertiary/aromatic N) is 1. The summed E-state index contributed by atoms with van der Waals surface area (Å²) in [5.41, 5.74) is 1.73. The van der Waals surface area contributed by atoms with Crippen LogP contribution in [0.5, 0.6) is 0 Å². The van der Waals surface area contributed by atoms with Crippen molar-refractivity contribution in [2.45, 2.75) is 32.9 Å². The summed E-state index contributed by atoms with van der Waals surface area (Å²) >= 11 is 6.95. The Bertz CT molecular complexity index is 649. The lowest BCUT2D eigenvalue weighted by Gasteiger charge is -2.18. The molecule has 1 N–H and O–H groups in total. The summed E-state index contributed by atoms with van der Waals surface area (Å²) in [5.74, 6) is -0.0716. The Morgan fingerprint density at radius 2 is 1.86 bits per heavy atom. The number of amides is 1. The molecule has 0 saturated carbocycles. The SMILES string of the molecule is CC(NC(=O)c1cc(Br)cn1C(C)C)c1ccccc1Br. The van der Waals surface area contributed by atoms with Crippen LogP contribution in [-0.2, 0) is 0 Å². The van der Waals surface area contributed by atoms with Crippen molar-refractivity contribution < 1.29 is 4.79 Å². The molecule has 3 nitrogen and oxygen atoms in total. The number of hydrogen-bond acceptors (Lipinski definition) is 1. The summed E-state index contributed by atoms with van der Waals surface area (Å²) < 4.78 is 3.87. The minimum absolute atomic E-state index is 0.0673. The number of carbonyl (C=O) groups is 1. The van der Waals surface area contributed by atoms with Gasteiger partial charge in [0.05, 0.1) is 6.04 Å². The van der Waals surface area contributed by atoms with Gasteiger partial charge in [-0.25, -0.2) is 0 Å². The van der Waals surface area contributed by atoms with Gasteiger partial charge in [0.25, 0.3) is 5.91 Å². The van der Waals surface area contributed by atoms with Gasteiger partial charge in [0.1, 0.15) is 5.69 Å². The van der Waals surface area contributed by atoms with E-state index < -0.39 is 0 Å². The molecule has 112 valence electrons. The van der Waals surface area contributed by atoms with E-state index in [-0.39, 0.29) is 18.0 Å². The van der Waals surface area contributed by atoms with Crippen LogP contribution in [0.25, 0.3) is 0 Å². The van der Waals surface area contributed by atoms with Gasteiger partial charge in [-0.3, -0.25) is 4.79 Å². The smallest absolute Gasteiger partial charge is 0.268 e. The molecule has 2 rings (SSSR count). The summed E-state index contributed by atoms with van der Waals surface area (Å²) in [6, 6.07) is 9.93. The largest absolute Gasteiger partial charge is 0.344 e. The van der Waals surface area contributed by atoms with Crippen LogP contribution in [0.15, 0.2) is 45.5 Å². The van der Waals surface area contributed by atoms with E-state index in [0.29, 0.717) is 5.69 Å². The maximum Gasteiger partial charge on any atom is 0.268 e. The maximum absolute atomic E-state index is 12.5. The van der Waals surface area contributed by atoms with Crippen molar-refractivity contribution in [3.8, 4) is 0 Å². The van der Waals surface area contributed by atoms with E-state index in [0.717, 1.165) is 14.5 Å². The van der Waals surface area contributed by atoms with E-state index in [9.17, 15) is 4.79 Å². The van der Waals surface area contributed by atoms with Crippen LogP contribution >= 0.6 is 31.9 Å². The number of carbonyl (C=O) groups excluding carboxylic acids is 1. The van der Waals surface area contributed by atoms with Crippen LogP contribution in [0.4, 0.5) is 0 Å². The highest BCUT2D eigenvalue weighted by Crippen LogP contribution is 2.24. The van der Waals surface area contributed by atoms with Crippen molar-refractivity contribution in [1.82, 2.24) is 9.88 Å². The average molecular weight is 414 g/mol. The van der Waals surface area contributed by atoms with Gasteiger partial charge in [-0.15, -0.1) is 0 Å². The molecule has 1 heterocycles. The Hall–Kier alpha value is -1.07. The first-order valence-corrected chi connectivity index (χ1v) is 8.41. The third-order valence-electron chi connectivity index (χ3n) is 3.32. The molecule has 21 heavy (non-hydrogen) atoms. The molecule has 1 aromatic heterocycles. The van der Waals surface area contributed by atoms with Crippen LogP contribution in [0, 0.1) is 0 Å². The minimum atomic E-state index is -0.0716. The minimum Gasteiger partial charge on any atom is -0.344 e. The maximum atomic E-state index is 12.5. The lowest BCUT2D eigenvalue weighted by Crippen LogP contribution is -2.29. The lowest BCUT2D eigenvalue weighted by atomic mass is 10.1. The second-order valence-electron chi connectivity index (χ2n) is 5.26. The Morgan fingerprint density at radius 3 is 2.48 bits per heavy atom. The molecule has 0 aliphatic carbocycles. The van der Waals surface area contributed by atoms with Crippen molar-refractivity contribution >= 4 is 37.8 Å². The van der Waals surface area contributed by atoms with Gasteiger partial charge >= 0.3 is 0 Å². The number of benzene rings is 1. The number of aromatic nitrogens is 1. The van der Waals surface area contributed by atoms with Gasteiger partial charge in [-0.05, 0) is 54.4 Å². The molecule has 0 radical (unpaired) electrons. The summed E-state index contributed by atoms with van der Waals surface area (Å²) in [6.45, 7) is 6.09. The van der Waals surface area contributed by atoms with Gasteiger partial charge in [0.15, 0.2) is 0 Å². The van der Waals surface area contributed by atoms with Crippen molar-refractivity contribution in [2.75, 3.05) is 0 Å². The van der Waals surface area contributed by atoms with Crippen LogP contribution in [0.1, 0.15) is 48.9 Å². The molecule has 1 aromatic carbocycles. The summed E-state index contributed by atoms with van der Waals surface area (Å²) in [6.07, 6.45) is 1.93. The molecule has 1 atom stereocenters.